The Morgan fingerprint density at radius 1 is 1.61 bits per heavy atom. The fraction of sp³-hybridized carbons (Fsp3) is 0.692. The first kappa shape index (κ1) is 13.3. The van der Waals surface area contributed by atoms with Crippen molar-refractivity contribution in [3.63, 3.8) is 0 Å². The van der Waals surface area contributed by atoms with Crippen LogP contribution in [0.15, 0.2) is 11.6 Å². The summed E-state index contributed by atoms with van der Waals surface area (Å²) in [5, 5.41) is 6.15. The van der Waals surface area contributed by atoms with Crippen LogP contribution in [-0.4, -0.2) is 35.5 Å². The largest absolute Gasteiger partial charge is 0.338 e. The number of nitrogens with one attached hydrogen (secondary N) is 1. The highest BCUT2D eigenvalue weighted by atomic mass is 32.1. The quantitative estimate of drug-likeness (QED) is 0.915. The number of carbonyl (C=O) groups is 1. The smallest absolute Gasteiger partial charge is 0.317 e. The molecule has 0 spiro atoms. The van der Waals surface area contributed by atoms with E-state index in [1.807, 2.05) is 16.5 Å². The first-order valence-corrected chi connectivity index (χ1v) is 7.61. The van der Waals surface area contributed by atoms with Crippen LogP contribution >= 0.6 is 11.3 Å². The monoisotopic (exact) mass is 267 g/mol. The van der Waals surface area contributed by atoms with E-state index in [0.29, 0.717) is 5.92 Å². The van der Waals surface area contributed by atoms with E-state index in [1.54, 1.807) is 11.3 Å². The molecule has 5 heteroatoms. The average Bonchev–Trinajstić information content (AvgIpc) is 2.80. The van der Waals surface area contributed by atoms with Gasteiger partial charge >= 0.3 is 6.03 Å². The van der Waals surface area contributed by atoms with Gasteiger partial charge in [-0.15, -0.1) is 11.3 Å². The number of thiazole rings is 1. The predicted molar refractivity (Wildman–Crippen MR) is 74.0 cm³/mol. The van der Waals surface area contributed by atoms with Gasteiger partial charge in [-0.3, -0.25) is 0 Å². The van der Waals surface area contributed by atoms with Gasteiger partial charge in [0.1, 0.15) is 0 Å². The van der Waals surface area contributed by atoms with Gasteiger partial charge < -0.3 is 10.2 Å². The Hall–Kier alpha value is -1.10. The molecule has 1 aliphatic heterocycles. The Kier molecular flexibility index (Phi) is 4.99. The Balaban J connectivity index is 1.97. The fourth-order valence-electron chi connectivity index (χ4n) is 2.31. The lowest BCUT2D eigenvalue weighted by Crippen LogP contribution is -2.42. The van der Waals surface area contributed by atoms with Gasteiger partial charge in [0.25, 0.3) is 0 Å². The van der Waals surface area contributed by atoms with Gasteiger partial charge in [0.2, 0.25) is 0 Å². The average molecular weight is 267 g/mol. The van der Waals surface area contributed by atoms with E-state index in [4.69, 9.17) is 0 Å². The molecule has 1 saturated heterocycles. The Labute approximate surface area is 112 Å². The Morgan fingerprint density at radius 2 is 2.50 bits per heavy atom. The third-order valence-electron chi connectivity index (χ3n) is 3.29. The first-order valence-electron chi connectivity index (χ1n) is 6.73. The second-order valence-electron chi connectivity index (χ2n) is 4.74. The molecule has 1 aliphatic rings. The molecule has 0 saturated carbocycles. The maximum atomic E-state index is 12.0. The number of nitrogens with zero attached hydrogens (tertiary/aromatic N) is 2. The summed E-state index contributed by atoms with van der Waals surface area (Å²) >= 11 is 1.70. The van der Waals surface area contributed by atoms with E-state index in [2.05, 4.69) is 17.2 Å². The van der Waals surface area contributed by atoms with Gasteiger partial charge in [-0.1, -0.05) is 13.3 Å². The van der Waals surface area contributed by atoms with Crippen molar-refractivity contribution in [2.24, 2.45) is 0 Å². The molecular weight excluding hydrogens is 246 g/mol. The minimum absolute atomic E-state index is 0.0836. The maximum absolute atomic E-state index is 12.0. The van der Waals surface area contributed by atoms with Crippen molar-refractivity contribution >= 4 is 17.4 Å². The highest BCUT2D eigenvalue weighted by Gasteiger charge is 2.24. The molecule has 18 heavy (non-hydrogen) atoms. The predicted octanol–water partition coefficient (Wildman–Crippen LogP) is 2.83. The number of urea groups is 1. The van der Waals surface area contributed by atoms with Gasteiger partial charge in [-0.05, 0) is 19.3 Å². The van der Waals surface area contributed by atoms with Crippen molar-refractivity contribution in [1.29, 1.82) is 0 Å². The molecule has 2 rings (SSSR count). The summed E-state index contributed by atoms with van der Waals surface area (Å²) in [5.41, 5.74) is 0. The van der Waals surface area contributed by atoms with Crippen LogP contribution in [0.3, 0.4) is 0 Å². The first-order chi connectivity index (χ1) is 8.81. The summed E-state index contributed by atoms with van der Waals surface area (Å²) in [6.07, 6.45) is 6.26. The second-order valence-corrected chi connectivity index (χ2v) is 5.67. The summed E-state index contributed by atoms with van der Waals surface area (Å²) < 4.78 is 0. The van der Waals surface area contributed by atoms with Crippen molar-refractivity contribution in [3.8, 4) is 0 Å². The van der Waals surface area contributed by atoms with Gasteiger partial charge in [-0.2, -0.15) is 0 Å². The van der Waals surface area contributed by atoms with Crippen LogP contribution in [0.25, 0.3) is 0 Å². The minimum Gasteiger partial charge on any atom is -0.338 e. The molecule has 1 aromatic heterocycles. The van der Waals surface area contributed by atoms with Gasteiger partial charge in [0, 0.05) is 37.1 Å². The fourth-order valence-corrected chi connectivity index (χ4v) is 3.08. The summed E-state index contributed by atoms with van der Waals surface area (Å²) in [6.45, 7) is 4.51. The van der Waals surface area contributed by atoms with E-state index in [0.717, 1.165) is 38.9 Å². The lowest BCUT2D eigenvalue weighted by Gasteiger charge is -2.23. The van der Waals surface area contributed by atoms with Crippen LogP contribution in [0.2, 0.25) is 0 Å². The van der Waals surface area contributed by atoms with Crippen LogP contribution < -0.4 is 5.32 Å². The zero-order valence-electron chi connectivity index (χ0n) is 10.9. The molecule has 0 aliphatic carbocycles. The van der Waals surface area contributed by atoms with Crippen molar-refractivity contribution in [2.75, 3.05) is 19.6 Å². The normalized spacial score (nSPS) is 20.5. The van der Waals surface area contributed by atoms with E-state index in [-0.39, 0.29) is 6.03 Å². The van der Waals surface area contributed by atoms with Crippen LogP contribution in [0.5, 0.6) is 0 Å². The summed E-state index contributed by atoms with van der Waals surface area (Å²) in [4.78, 5) is 18.4. The summed E-state index contributed by atoms with van der Waals surface area (Å²) in [6, 6.07) is 0.0836. The van der Waals surface area contributed by atoms with E-state index >= 15 is 0 Å². The van der Waals surface area contributed by atoms with E-state index in [1.165, 1.54) is 11.4 Å². The molecule has 1 aromatic rings. The summed E-state index contributed by atoms with van der Waals surface area (Å²) in [7, 11) is 0. The lowest BCUT2D eigenvalue weighted by molar-refractivity contribution is 0.197. The molecule has 0 radical (unpaired) electrons. The van der Waals surface area contributed by atoms with Crippen molar-refractivity contribution in [2.45, 2.75) is 38.5 Å². The molecule has 4 nitrogen and oxygen atoms in total. The molecule has 0 bridgehead atoms. The number of aromatic nitrogens is 1. The molecule has 2 heterocycles. The zero-order valence-corrected chi connectivity index (χ0v) is 11.7. The second kappa shape index (κ2) is 6.73. The molecular formula is C13H21N3OS. The lowest BCUT2D eigenvalue weighted by atomic mass is 10.0. The van der Waals surface area contributed by atoms with Crippen LogP contribution in [-0.2, 0) is 0 Å². The Morgan fingerprint density at radius 3 is 3.22 bits per heavy atom. The van der Waals surface area contributed by atoms with E-state index < -0.39 is 0 Å². The Bertz CT molecular complexity index is 366. The number of amides is 2. The van der Waals surface area contributed by atoms with Gasteiger partial charge in [0.15, 0.2) is 0 Å². The van der Waals surface area contributed by atoms with Crippen LogP contribution in [0.4, 0.5) is 4.79 Å². The standard InChI is InChI=1S/C13H21N3OS/c1-2-6-15-13(17)16-8-4-3-5-11(10-16)12-14-7-9-18-12/h7,9,11H,2-6,8,10H2,1H3,(H,15,17). The maximum Gasteiger partial charge on any atom is 0.317 e. The van der Waals surface area contributed by atoms with Crippen LogP contribution in [0, 0.1) is 0 Å². The highest BCUT2D eigenvalue weighted by Crippen LogP contribution is 2.27. The van der Waals surface area contributed by atoms with Crippen molar-refractivity contribution < 1.29 is 4.79 Å². The van der Waals surface area contributed by atoms with Gasteiger partial charge in [-0.25, -0.2) is 9.78 Å². The van der Waals surface area contributed by atoms with Gasteiger partial charge in [0.05, 0.1) is 5.01 Å². The number of likely N-dealkylation sites (tertiary alicyclic amines) is 1. The number of rotatable bonds is 3. The molecule has 1 atom stereocenters. The number of hydrogen-bond acceptors (Lipinski definition) is 3. The topological polar surface area (TPSA) is 45.2 Å². The molecule has 1 unspecified atom stereocenters. The number of hydrogen-bond donors (Lipinski definition) is 1. The molecule has 0 aromatic carbocycles. The van der Waals surface area contributed by atoms with Crippen molar-refractivity contribution in [1.82, 2.24) is 15.2 Å². The van der Waals surface area contributed by atoms with E-state index in [9.17, 15) is 4.79 Å². The number of carbonyl (C=O) groups excluding carboxylic acids is 1. The molecule has 100 valence electrons. The summed E-state index contributed by atoms with van der Waals surface area (Å²) in [5.74, 6) is 0.417. The van der Waals surface area contributed by atoms with Crippen LogP contribution in [0.1, 0.15) is 43.5 Å². The SMILES string of the molecule is CCCNC(=O)N1CCCCC(c2nccs2)C1. The molecule has 1 N–H and O–H groups in total. The zero-order chi connectivity index (χ0) is 12.8. The minimum atomic E-state index is 0.0836. The highest BCUT2D eigenvalue weighted by molar-refractivity contribution is 7.09. The third kappa shape index (κ3) is 3.45. The molecule has 1 fully saturated rings. The van der Waals surface area contributed by atoms with Crippen molar-refractivity contribution in [3.05, 3.63) is 16.6 Å². The molecule has 2 amide bonds. The third-order valence-corrected chi connectivity index (χ3v) is 4.22.